The first-order valence-electron chi connectivity index (χ1n) is 6.85. The monoisotopic (exact) mass is 304 g/mol. The molecular weight excluding hydrogens is 284 g/mol. The zero-order valence-electron chi connectivity index (χ0n) is 12.3. The summed E-state index contributed by atoms with van der Waals surface area (Å²) in [7, 11) is 0. The Labute approximate surface area is 129 Å². The number of rotatable bonds is 7. The van der Waals surface area contributed by atoms with E-state index in [1.807, 2.05) is 29.0 Å². The van der Waals surface area contributed by atoms with Gasteiger partial charge in [0.2, 0.25) is 0 Å². The van der Waals surface area contributed by atoms with Gasteiger partial charge in [-0.2, -0.15) is 11.3 Å². The molecule has 0 spiro atoms. The normalized spacial score (nSPS) is 11.4. The van der Waals surface area contributed by atoms with E-state index in [0.717, 1.165) is 17.7 Å². The number of ether oxygens (including phenoxy) is 1. The molecule has 2 N–H and O–H groups in total. The summed E-state index contributed by atoms with van der Waals surface area (Å²) in [6.45, 7) is 5.24. The third-order valence-electron chi connectivity index (χ3n) is 3.11. The summed E-state index contributed by atoms with van der Waals surface area (Å²) in [6, 6.07) is 8.00. The Morgan fingerprint density at radius 1 is 1.19 bits per heavy atom. The van der Waals surface area contributed by atoms with Gasteiger partial charge in [-0.25, -0.2) is 0 Å². The Balaban J connectivity index is 1.66. The Morgan fingerprint density at radius 3 is 2.76 bits per heavy atom. The van der Waals surface area contributed by atoms with Gasteiger partial charge in [-0.3, -0.25) is 0 Å². The van der Waals surface area contributed by atoms with E-state index in [-0.39, 0.29) is 0 Å². The Bertz CT molecular complexity index is 594. The maximum absolute atomic E-state index is 5.78. The first kappa shape index (κ1) is 15.4. The van der Waals surface area contributed by atoms with E-state index in [1.54, 1.807) is 11.3 Å². The molecular formula is C16H20N2O2S. The number of nitrogens with two attached hydrogens (primary N) is 1. The lowest BCUT2D eigenvalue weighted by Gasteiger charge is -2.08. The minimum atomic E-state index is 0.409. The average molecular weight is 304 g/mol. The van der Waals surface area contributed by atoms with Crippen LogP contribution in [0.15, 0.2) is 40.2 Å². The fraction of sp³-hybridized carbons (Fsp3) is 0.312. The van der Waals surface area contributed by atoms with Crippen molar-refractivity contribution in [3.63, 3.8) is 0 Å². The van der Waals surface area contributed by atoms with Gasteiger partial charge in [0.1, 0.15) is 12.4 Å². The minimum Gasteiger partial charge on any atom is -0.493 e. The second-order valence-corrected chi connectivity index (χ2v) is 5.55. The summed E-state index contributed by atoms with van der Waals surface area (Å²) in [5, 5.41) is 7.77. The number of thiophene rings is 1. The highest BCUT2D eigenvalue weighted by atomic mass is 32.1. The van der Waals surface area contributed by atoms with E-state index < -0.39 is 0 Å². The van der Waals surface area contributed by atoms with Crippen LogP contribution in [0.5, 0.6) is 5.75 Å². The number of hydrogen-bond donors (Lipinski definition) is 1. The van der Waals surface area contributed by atoms with Crippen LogP contribution in [0.1, 0.15) is 23.1 Å². The Hall–Kier alpha value is -2.01. The SMILES string of the molecule is Cc1ccc(OCCCON=C(N)c2ccsc2)cc1C. The van der Waals surface area contributed by atoms with Crippen molar-refractivity contribution in [1.29, 1.82) is 0 Å². The van der Waals surface area contributed by atoms with Crippen LogP contribution in [0.4, 0.5) is 0 Å². The summed E-state index contributed by atoms with van der Waals surface area (Å²) < 4.78 is 5.66. The summed E-state index contributed by atoms with van der Waals surface area (Å²) in [4.78, 5) is 5.19. The predicted octanol–water partition coefficient (Wildman–Crippen LogP) is 3.47. The Kier molecular flexibility index (Phi) is 5.63. The van der Waals surface area contributed by atoms with Crippen LogP contribution in [-0.2, 0) is 4.84 Å². The van der Waals surface area contributed by atoms with E-state index in [2.05, 4.69) is 25.1 Å². The van der Waals surface area contributed by atoms with Crippen molar-refractivity contribution in [2.24, 2.45) is 10.9 Å². The molecule has 0 aliphatic carbocycles. The average Bonchev–Trinajstić information content (AvgIpc) is 3.00. The van der Waals surface area contributed by atoms with Crippen LogP contribution in [0, 0.1) is 13.8 Å². The maximum atomic E-state index is 5.78. The molecule has 2 aromatic rings. The highest BCUT2D eigenvalue weighted by Crippen LogP contribution is 2.16. The van der Waals surface area contributed by atoms with E-state index >= 15 is 0 Å². The maximum Gasteiger partial charge on any atom is 0.171 e. The van der Waals surface area contributed by atoms with Crippen LogP contribution in [0.2, 0.25) is 0 Å². The molecule has 0 atom stereocenters. The van der Waals surface area contributed by atoms with Gasteiger partial charge in [0.05, 0.1) is 6.61 Å². The highest BCUT2D eigenvalue weighted by molar-refractivity contribution is 7.08. The van der Waals surface area contributed by atoms with Crippen LogP contribution >= 0.6 is 11.3 Å². The molecule has 1 aromatic heterocycles. The fourth-order valence-electron chi connectivity index (χ4n) is 1.70. The molecule has 0 saturated carbocycles. The molecule has 1 aromatic carbocycles. The van der Waals surface area contributed by atoms with Crippen molar-refractivity contribution in [3.8, 4) is 5.75 Å². The second-order valence-electron chi connectivity index (χ2n) is 4.77. The number of benzene rings is 1. The van der Waals surface area contributed by atoms with Crippen molar-refractivity contribution in [3.05, 3.63) is 51.7 Å². The third kappa shape index (κ3) is 4.79. The Morgan fingerprint density at radius 2 is 2.05 bits per heavy atom. The number of oxime groups is 1. The molecule has 4 nitrogen and oxygen atoms in total. The number of aryl methyl sites for hydroxylation is 2. The van der Waals surface area contributed by atoms with Gasteiger partial charge in [-0.15, -0.1) is 0 Å². The van der Waals surface area contributed by atoms with Gasteiger partial charge in [0.25, 0.3) is 0 Å². The van der Waals surface area contributed by atoms with Gasteiger partial charge < -0.3 is 15.3 Å². The highest BCUT2D eigenvalue weighted by Gasteiger charge is 1.99. The van der Waals surface area contributed by atoms with Gasteiger partial charge in [0, 0.05) is 17.4 Å². The molecule has 0 unspecified atom stereocenters. The molecule has 21 heavy (non-hydrogen) atoms. The number of hydrogen-bond acceptors (Lipinski definition) is 4. The van der Waals surface area contributed by atoms with E-state index in [4.69, 9.17) is 15.3 Å². The zero-order chi connectivity index (χ0) is 15.1. The molecule has 0 amide bonds. The fourth-order valence-corrected chi connectivity index (χ4v) is 2.34. The topological polar surface area (TPSA) is 56.8 Å². The van der Waals surface area contributed by atoms with Crippen molar-refractivity contribution in [2.75, 3.05) is 13.2 Å². The lowest BCUT2D eigenvalue weighted by atomic mass is 10.1. The molecule has 0 bridgehead atoms. The molecule has 0 saturated heterocycles. The van der Waals surface area contributed by atoms with Crippen LogP contribution < -0.4 is 10.5 Å². The lowest BCUT2D eigenvalue weighted by Crippen LogP contribution is -2.13. The molecule has 112 valence electrons. The number of nitrogens with zero attached hydrogens (tertiary/aromatic N) is 1. The van der Waals surface area contributed by atoms with Crippen LogP contribution in [0.3, 0.4) is 0 Å². The van der Waals surface area contributed by atoms with Crippen molar-refractivity contribution >= 4 is 17.2 Å². The number of amidine groups is 1. The summed E-state index contributed by atoms with van der Waals surface area (Å²) in [5.41, 5.74) is 9.17. The standard InChI is InChI=1S/C16H20N2O2S/c1-12-4-5-15(10-13(12)2)19-7-3-8-20-18-16(17)14-6-9-21-11-14/h4-6,9-11H,3,7-8H2,1-2H3,(H2,17,18). The first-order valence-corrected chi connectivity index (χ1v) is 7.79. The van der Waals surface area contributed by atoms with Gasteiger partial charge in [-0.1, -0.05) is 11.2 Å². The molecule has 0 radical (unpaired) electrons. The largest absolute Gasteiger partial charge is 0.493 e. The zero-order valence-corrected chi connectivity index (χ0v) is 13.2. The molecule has 0 fully saturated rings. The van der Waals surface area contributed by atoms with Crippen LogP contribution in [0.25, 0.3) is 0 Å². The van der Waals surface area contributed by atoms with E-state index in [0.29, 0.717) is 19.0 Å². The van der Waals surface area contributed by atoms with Crippen molar-refractivity contribution in [2.45, 2.75) is 20.3 Å². The molecule has 1 heterocycles. The van der Waals surface area contributed by atoms with Crippen molar-refractivity contribution in [1.82, 2.24) is 0 Å². The summed E-state index contributed by atoms with van der Waals surface area (Å²) in [6.07, 6.45) is 0.757. The smallest absolute Gasteiger partial charge is 0.171 e. The van der Waals surface area contributed by atoms with Gasteiger partial charge in [-0.05, 0) is 48.6 Å². The van der Waals surface area contributed by atoms with E-state index in [9.17, 15) is 0 Å². The van der Waals surface area contributed by atoms with Crippen LogP contribution in [-0.4, -0.2) is 19.0 Å². The third-order valence-corrected chi connectivity index (χ3v) is 3.79. The second kappa shape index (κ2) is 7.69. The quantitative estimate of drug-likeness (QED) is 0.369. The molecule has 0 aliphatic heterocycles. The van der Waals surface area contributed by atoms with Crippen molar-refractivity contribution < 1.29 is 9.57 Å². The molecule has 2 rings (SSSR count). The molecule has 0 aliphatic rings. The lowest BCUT2D eigenvalue weighted by molar-refractivity contribution is 0.127. The minimum absolute atomic E-state index is 0.409. The predicted molar refractivity (Wildman–Crippen MR) is 87.0 cm³/mol. The van der Waals surface area contributed by atoms with Gasteiger partial charge in [0.15, 0.2) is 5.84 Å². The molecule has 5 heteroatoms. The summed E-state index contributed by atoms with van der Waals surface area (Å²) >= 11 is 1.58. The van der Waals surface area contributed by atoms with E-state index in [1.165, 1.54) is 11.1 Å². The summed E-state index contributed by atoms with van der Waals surface area (Å²) in [5.74, 6) is 1.30. The van der Waals surface area contributed by atoms with Gasteiger partial charge >= 0.3 is 0 Å². The first-order chi connectivity index (χ1) is 10.2.